The molecular formula is C14H31Cl3N4O. The quantitative estimate of drug-likeness (QED) is 0.775. The molecule has 0 bridgehead atoms. The minimum Gasteiger partial charge on any atom is -0.353 e. The summed E-state index contributed by atoms with van der Waals surface area (Å²) in [5, 5.41) is 3.03. The lowest BCUT2D eigenvalue weighted by Crippen LogP contribution is -2.61. The molecule has 8 heteroatoms. The molecule has 0 saturated carbocycles. The van der Waals surface area contributed by atoms with Gasteiger partial charge in [-0.1, -0.05) is 6.42 Å². The molecule has 2 heterocycles. The van der Waals surface area contributed by atoms with E-state index in [1.807, 2.05) is 0 Å². The minimum absolute atomic E-state index is 0. The predicted molar refractivity (Wildman–Crippen MR) is 98.7 cm³/mol. The van der Waals surface area contributed by atoms with Crippen LogP contribution in [-0.4, -0.2) is 67.6 Å². The molecule has 2 fully saturated rings. The molecule has 0 aromatic rings. The number of nitrogens with two attached hydrogens (primary N) is 1. The Bertz CT molecular complexity index is 306. The van der Waals surface area contributed by atoms with Gasteiger partial charge in [0.15, 0.2) is 0 Å². The van der Waals surface area contributed by atoms with Crippen LogP contribution in [0.1, 0.15) is 32.1 Å². The number of hydrogen-bond donors (Lipinski definition) is 2. The first kappa shape index (κ1) is 24.5. The highest BCUT2D eigenvalue weighted by atomic mass is 35.5. The van der Waals surface area contributed by atoms with Crippen LogP contribution in [0.2, 0.25) is 0 Å². The number of rotatable bonds is 4. The molecule has 1 amide bonds. The molecule has 134 valence electrons. The third kappa shape index (κ3) is 6.38. The number of likely N-dealkylation sites (tertiary alicyclic amines) is 2. The second kappa shape index (κ2) is 11.7. The summed E-state index contributed by atoms with van der Waals surface area (Å²) in [6, 6.07) is 0. The molecule has 0 unspecified atom stereocenters. The van der Waals surface area contributed by atoms with E-state index in [-0.39, 0.29) is 55.2 Å². The molecule has 0 radical (unpaired) electrons. The molecular weight excluding hydrogens is 347 g/mol. The summed E-state index contributed by atoms with van der Waals surface area (Å²) in [6.07, 6.45) is 6.23. The highest BCUT2D eigenvalue weighted by Crippen LogP contribution is 2.30. The zero-order valence-electron chi connectivity index (χ0n) is 13.4. The molecule has 2 saturated heterocycles. The first-order valence-corrected chi connectivity index (χ1v) is 7.57. The lowest BCUT2D eigenvalue weighted by molar-refractivity contribution is -0.120. The normalized spacial score (nSPS) is 21.7. The van der Waals surface area contributed by atoms with Crippen molar-refractivity contribution in [1.29, 1.82) is 0 Å². The van der Waals surface area contributed by atoms with Gasteiger partial charge in [-0.25, -0.2) is 0 Å². The summed E-state index contributed by atoms with van der Waals surface area (Å²) >= 11 is 0. The lowest BCUT2D eigenvalue weighted by Gasteiger charge is -2.50. The van der Waals surface area contributed by atoms with Crippen LogP contribution in [0.15, 0.2) is 0 Å². The van der Waals surface area contributed by atoms with Gasteiger partial charge in [0.1, 0.15) is 0 Å². The van der Waals surface area contributed by atoms with Gasteiger partial charge in [-0.3, -0.25) is 9.69 Å². The fourth-order valence-electron chi connectivity index (χ4n) is 3.34. The first-order valence-electron chi connectivity index (χ1n) is 7.57. The van der Waals surface area contributed by atoms with E-state index in [1.165, 1.54) is 32.4 Å². The topological polar surface area (TPSA) is 61.6 Å². The summed E-state index contributed by atoms with van der Waals surface area (Å²) in [7, 11) is 2.18. The zero-order valence-corrected chi connectivity index (χ0v) is 15.8. The van der Waals surface area contributed by atoms with Crippen molar-refractivity contribution < 1.29 is 4.79 Å². The highest BCUT2D eigenvalue weighted by molar-refractivity contribution is 5.86. The van der Waals surface area contributed by atoms with Crippen molar-refractivity contribution >= 4 is 43.1 Å². The molecule has 22 heavy (non-hydrogen) atoms. The van der Waals surface area contributed by atoms with Crippen molar-refractivity contribution in [2.75, 3.05) is 46.3 Å². The van der Waals surface area contributed by atoms with Gasteiger partial charge in [-0.15, -0.1) is 37.2 Å². The Hall–Kier alpha value is 0.220. The number of carbonyl (C=O) groups is 1. The van der Waals surface area contributed by atoms with Crippen LogP contribution in [0, 0.1) is 0 Å². The summed E-state index contributed by atoms with van der Waals surface area (Å²) in [5.74, 6) is -0.0321. The second-order valence-electron chi connectivity index (χ2n) is 6.06. The van der Waals surface area contributed by atoms with Crippen LogP contribution in [0.3, 0.4) is 0 Å². The van der Waals surface area contributed by atoms with E-state index in [4.69, 9.17) is 5.73 Å². The van der Waals surface area contributed by atoms with Gasteiger partial charge < -0.3 is 16.0 Å². The van der Waals surface area contributed by atoms with Crippen molar-refractivity contribution in [3.05, 3.63) is 0 Å². The average Bonchev–Trinajstić information content (AvgIpc) is 2.47. The maximum absolute atomic E-state index is 11.5. The smallest absolute Gasteiger partial charge is 0.233 e. The Labute approximate surface area is 153 Å². The number of nitrogens with zero attached hydrogens (tertiary/aromatic N) is 2. The zero-order chi connectivity index (χ0) is 13.7. The minimum atomic E-state index is -0.0321. The molecule has 2 aliphatic rings. The number of piperidine rings is 2. The van der Waals surface area contributed by atoms with Crippen LogP contribution in [0.25, 0.3) is 0 Å². The van der Waals surface area contributed by atoms with Crippen molar-refractivity contribution in [1.82, 2.24) is 15.1 Å². The average molecular weight is 378 g/mol. The largest absolute Gasteiger partial charge is 0.353 e. The molecule has 2 rings (SSSR count). The summed E-state index contributed by atoms with van der Waals surface area (Å²) < 4.78 is 0. The lowest BCUT2D eigenvalue weighted by atomic mass is 9.84. The van der Waals surface area contributed by atoms with Gasteiger partial charge in [-0.05, 0) is 58.9 Å². The van der Waals surface area contributed by atoms with E-state index in [0.29, 0.717) is 0 Å². The Kier molecular flexibility index (Phi) is 13.0. The SMILES string of the molecule is CN1CCC(CNC(=O)CN)(N2CCCCC2)CC1.Cl.Cl.Cl. The summed E-state index contributed by atoms with van der Waals surface area (Å²) in [4.78, 5) is 16.5. The second-order valence-corrected chi connectivity index (χ2v) is 6.06. The number of amides is 1. The van der Waals surface area contributed by atoms with Crippen LogP contribution in [-0.2, 0) is 4.79 Å². The maximum atomic E-state index is 11.5. The third-order valence-corrected chi connectivity index (χ3v) is 4.74. The van der Waals surface area contributed by atoms with Crippen molar-refractivity contribution in [2.24, 2.45) is 5.73 Å². The predicted octanol–water partition coefficient (Wildman–Crippen LogP) is 1.28. The monoisotopic (exact) mass is 376 g/mol. The summed E-state index contributed by atoms with van der Waals surface area (Å²) in [6.45, 7) is 5.46. The van der Waals surface area contributed by atoms with E-state index in [2.05, 4.69) is 22.2 Å². The van der Waals surface area contributed by atoms with Crippen LogP contribution in [0.5, 0.6) is 0 Å². The molecule has 0 aliphatic carbocycles. The molecule has 0 aromatic heterocycles. The Morgan fingerprint density at radius 2 is 1.59 bits per heavy atom. The number of carbonyl (C=O) groups excluding carboxylic acids is 1. The maximum Gasteiger partial charge on any atom is 0.233 e. The number of nitrogens with one attached hydrogen (secondary N) is 1. The van der Waals surface area contributed by atoms with Gasteiger partial charge >= 0.3 is 0 Å². The van der Waals surface area contributed by atoms with E-state index >= 15 is 0 Å². The molecule has 5 nitrogen and oxygen atoms in total. The number of halogens is 3. The third-order valence-electron chi connectivity index (χ3n) is 4.74. The molecule has 0 aromatic carbocycles. The summed E-state index contributed by atoms with van der Waals surface area (Å²) in [5.41, 5.74) is 5.56. The number of hydrogen-bond acceptors (Lipinski definition) is 4. The van der Waals surface area contributed by atoms with Crippen molar-refractivity contribution in [3.63, 3.8) is 0 Å². The van der Waals surface area contributed by atoms with Gasteiger partial charge in [0, 0.05) is 12.1 Å². The fourth-order valence-corrected chi connectivity index (χ4v) is 3.34. The van der Waals surface area contributed by atoms with Gasteiger partial charge in [-0.2, -0.15) is 0 Å². The van der Waals surface area contributed by atoms with E-state index in [9.17, 15) is 4.79 Å². The van der Waals surface area contributed by atoms with E-state index in [1.54, 1.807) is 0 Å². The fraction of sp³-hybridized carbons (Fsp3) is 0.929. The van der Waals surface area contributed by atoms with Crippen LogP contribution < -0.4 is 11.1 Å². The van der Waals surface area contributed by atoms with Gasteiger partial charge in [0.2, 0.25) is 5.91 Å². The highest BCUT2D eigenvalue weighted by Gasteiger charge is 2.39. The van der Waals surface area contributed by atoms with Crippen molar-refractivity contribution in [2.45, 2.75) is 37.6 Å². The standard InChI is InChI=1S/C14H28N4O.3ClH/c1-17-9-5-14(6-10-17,12-16-13(19)11-15)18-7-3-2-4-8-18;;;/h2-12,15H2,1H3,(H,16,19);3*1H. The van der Waals surface area contributed by atoms with Crippen LogP contribution in [0.4, 0.5) is 0 Å². The first-order chi connectivity index (χ1) is 9.16. The van der Waals surface area contributed by atoms with E-state index in [0.717, 1.165) is 32.5 Å². The molecule has 0 spiro atoms. The van der Waals surface area contributed by atoms with Gasteiger partial charge in [0.25, 0.3) is 0 Å². The van der Waals surface area contributed by atoms with Crippen molar-refractivity contribution in [3.8, 4) is 0 Å². The Morgan fingerprint density at radius 1 is 1.05 bits per heavy atom. The molecule has 0 atom stereocenters. The Morgan fingerprint density at radius 3 is 2.09 bits per heavy atom. The van der Waals surface area contributed by atoms with E-state index < -0.39 is 0 Å². The molecule has 2 aliphatic heterocycles. The van der Waals surface area contributed by atoms with Gasteiger partial charge in [0.05, 0.1) is 6.54 Å². The molecule has 3 N–H and O–H groups in total. The Balaban J connectivity index is 0. The van der Waals surface area contributed by atoms with Crippen LogP contribution >= 0.6 is 37.2 Å².